The monoisotopic (exact) mass is 480 g/mol. The van der Waals surface area contributed by atoms with Gasteiger partial charge >= 0.3 is 6.36 Å². The summed E-state index contributed by atoms with van der Waals surface area (Å²) in [6, 6.07) is 14.4. The van der Waals surface area contributed by atoms with Crippen molar-refractivity contribution in [2.75, 3.05) is 0 Å². The molecule has 10 heteroatoms. The van der Waals surface area contributed by atoms with Gasteiger partial charge < -0.3 is 14.5 Å². The lowest BCUT2D eigenvalue weighted by atomic mass is 10.2. The highest BCUT2D eigenvalue weighted by Crippen LogP contribution is 2.28. The van der Waals surface area contributed by atoms with E-state index in [0.29, 0.717) is 33.7 Å². The van der Waals surface area contributed by atoms with E-state index in [1.165, 1.54) is 24.3 Å². The van der Waals surface area contributed by atoms with Crippen LogP contribution in [0.15, 0.2) is 65.2 Å². The molecule has 0 bridgehead atoms. The van der Waals surface area contributed by atoms with Crippen LogP contribution >= 0.6 is 0 Å². The van der Waals surface area contributed by atoms with Crippen molar-refractivity contribution in [1.29, 1.82) is 0 Å². The zero-order valence-electron chi connectivity index (χ0n) is 18.7. The molecule has 5 rings (SSSR count). The molecule has 3 heterocycles. The second-order valence-electron chi connectivity index (χ2n) is 8.05. The van der Waals surface area contributed by atoms with Crippen molar-refractivity contribution in [2.24, 2.45) is 0 Å². The number of rotatable bonds is 5. The summed E-state index contributed by atoms with van der Waals surface area (Å²) in [5, 5.41) is 2.91. The maximum Gasteiger partial charge on any atom is 0.573 e. The van der Waals surface area contributed by atoms with Crippen molar-refractivity contribution in [3.05, 3.63) is 83.3 Å². The number of hydrogen-bond donors (Lipinski definition) is 1. The first kappa shape index (κ1) is 22.5. The number of alkyl halides is 3. The highest BCUT2D eigenvalue weighted by Gasteiger charge is 2.31. The average molecular weight is 480 g/mol. The number of halogens is 3. The number of nitrogens with zero attached hydrogens (tertiary/aromatic N) is 3. The van der Waals surface area contributed by atoms with Crippen molar-refractivity contribution in [2.45, 2.75) is 26.8 Å². The van der Waals surface area contributed by atoms with E-state index in [0.717, 1.165) is 11.1 Å². The number of ether oxygens (including phenoxy) is 1. The van der Waals surface area contributed by atoms with Crippen LogP contribution in [0.1, 0.15) is 27.3 Å². The smallest absolute Gasteiger partial charge is 0.436 e. The van der Waals surface area contributed by atoms with Gasteiger partial charge in [-0.1, -0.05) is 6.07 Å². The number of carbonyl (C=O) groups is 1. The average Bonchev–Trinajstić information content (AvgIpc) is 3.36. The van der Waals surface area contributed by atoms with Crippen molar-refractivity contribution in [3.8, 4) is 17.2 Å². The zero-order valence-corrected chi connectivity index (χ0v) is 18.7. The summed E-state index contributed by atoms with van der Waals surface area (Å²) in [6.45, 7) is 4.02. The van der Waals surface area contributed by atoms with Crippen molar-refractivity contribution < 1.29 is 27.1 Å². The summed E-state index contributed by atoms with van der Waals surface area (Å²) < 4.78 is 48.4. The topological polar surface area (TPSA) is 81.7 Å². The summed E-state index contributed by atoms with van der Waals surface area (Å²) in [5.74, 6) is -0.316. The highest BCUT2D eigenvalue weighted by molar-refractivity contribution is 5.94. The van der Waals surface area contributed by atoms with Gasteiger partial charge in [0, 0.05) is 18.3 Å². The van der Waals surface area contributed by atoms with Crippen LogP contribution < -0.4 is 10.1 Å². The highest BCUT2D eigenvalue weighted by atomic mass is 19.4. The Morgan fingerprint density at radius 3 is 2.57 bits per heavy atom. The number of imidazole rings is 1. The molecule has 0 aliphatic rings. The largest absolute Gasteiger partial charge is 0.573 e. The summed E-state index contributed by atoms with van der Waals surface area (Å²) >= 11 is 0. The molecule has 1 amide bonds. The van der Waals surface area contributed by atoms with E-state index >= 15 is 0 Å². The van der Waals surface area contributed by atoms with Crippen LogP contribution in [0.3, 0.4) is 0 Å². The van der Waals surface area contributed by atoms with Crippen molar-refractivity contribution >= 4 is 22.7 Å². The Morgan fingerprint density at radius 1 is 1.06 bits per heavy atom. The van der Waals surface area contributed by atoms with Gasteiger partial charge in [-0.05, 0) is 73.5 Å². The van der Waals surface area contributed by atoms with Gasteiger partial charge in [-0.25, -0.2) is 9.97 Å². The number of aryl methyl sites for hydroxylation is 2. The van der Waals surface area contributed by atoms with Gasteiger partial charge in [-0.2, -0.15) is 0 Å². The maximum absolute atomic E-state index is 12.9. The van der Waals surface area contributed by atoms with Gasteiger partial charge in [0.25, 0.3) is 5.91 Å². The summed E-state index contributed by atoms with van der Waals surface area (Å²) in [6.07, 6.45) is -2.93. The Bertz CT molecular complexity index is 1550. The first-order valence-corrected chi connectivity index (χ1v) is 10.7. The number of hydrogen-bond acceptors (Lipinski definition) is 5. The van der Waals surface area contributed by atoms with E-state index in [1.807, 2.05) is 31.3 Å². The fourth-order valence-corrected chi connectivity index (χ4v) is 3.81. The lowest BCUT2D eigenvalue weighted by molar-refractivity contribution is -0.274. The number of oxazole rings is 1. The number of benzene rings is 2. The quantitative estimate of drug-likeness (QED) is 0.355. The molecular weight excluding hydrogens is 461 g/mol. The third-order valence-electron chi connectivity index (χ3n) is 5.41. The molecule has 5 aromatic rings. The molecule has 7 nitrogen and oxygen atoms in total. The SMILES string of the molecule is Cc1ccn2c(C(=O)NCc3ccc4oc(-c5ccc(OC(F)(F)F)cc5)nc4c3)c(C)nc2c1. The molecule has 0 aliphatic heterocycles. The lowest BCUT2D eigenvalue weighted by Crippen LogP contribution is -2.25. The minimum atomic E-state index is -4.76. The fraction of sp³-hybridized carbons (Fsp3) is 0.160. The van der Waals surface area contributed by atoms with Crippen molar-refractivity contribution in [1.82, 2.24) is 19.7 Å². The molecule has 0 radical (unpaired) electrons. The summed E-state index contributed by atoms with van der Waals surface area (Å²) in [4.78, 5) is 21.8. The normalized spacial score (nSPS) is 11.8. The molecule has 0 saturated heterocycles. The number of fused-ring (bicyclic) bond motifs is 2. The van der Waals surface area contributed by atoms with Gasteiger partial charge in [0.05, 0.1) is 5.69 Å². The number of pyridine rings is 1. The minimum Gasteiger partial charge on any atom is -0.436 e. The molecule has 0 aliphatic carbocycles. The zero-order chi connectivity index (χ0) is 24.7. The van der Waals surface area contributed by atoms with Crippen LogP contribution in [0, 0.1) is 13.8 Å². The first-order valence-electron chi connectivity index (χ1n) is 10.7. The Balaban J connectivity index is 1.32. The number of carbonyl (C=O) groups excluding carboxylic acids is 1. The molecule has 35 heavy (non-hydrogen) atoms. The molecular formula is C25H19F3N4O3. The van der Waals surface area contributed by atoms with Crippen LogP contribution in [-0.4, -0.2) is 26.6 Å². The van der Waals surface area contributed by atoms with Crippen molar-refractivity contribution in [3.63, 3.8) is 0 Å². The van der Waals surface area contributed by atoms with Crippen LogP contribution in [0.4, 0.5) is 13.2 Å². The predicted molar refractivity (Wildman–Crippen MR) is 122 cm³/mol. The van der Waals surface area contributed by atoms with Gasteiger partial charge in [0.15, 0.2) is 5.58 Å². The van der Waals surface area contributed by atoms with E-state index in [2.05, 4.69) is 20.0 Å². The third kappa shape index (κ3) is 4.68. The van der Waals surface area contributed by atoms with E-state index in [1.54, 1.807) is 23.5 Å². The van der Waals surface area contributed by atoms with Gasteiger partial charge in [0.1, 0.15) is 22.6 Å². The maximum atomic E-state index is 12.9. The van der Waals surface area contributed by atoms with Gasteiger partial charge in [0.2, 0.25) is 5.89 Å². The van der Waals surface area contributed by atoms with Crippen LogP contribution in [0.2, 0.25) is 0 Å². The number of amides is 1. The van der Waals surface area contributed by atoms with E-state index < -0.39 is 6.36 Å². The van der Waals surface area contributed by atoms with Gasteiger partial charge in [-0.3, -0.25) is 9.20 Å². The number of aromatic nitrogens is 3. The molecule has 0 unspecified atom stereocenters. The fourth-order valence-electron chi connectivity index (χ4n) is 3.81. The number of nitrogens with one attached hydrogen (secondary N) is 1. The Labute approximate surface area is 197 Å². The van der Waals surface area contributed by atoms with E-state index in [4.69, 9.17) is 4.42 Å². The third-order valence-corrected chi connectivity index (χ3v) is 5.41. The second kappa shape index (κ2) is 8.46. The Morgan fingerprint density at radius 2 is 1.83 bits per heavy atom. The Hall–Kier alpha value is -4.34. The van der Waals surface area contributed by atoms with Crippen LogP contribution in [0.5, 0.6) is 5.75 Å². The lowest BCUT2D eigenvalue weighted by Gasteiger charge is -2.08. The summed E-state index contributed by atoms with van der Waals surface area (Å²) in [5.41, 5.74) is 5.26. The van der Waals surface area contributed by atoms with Gasteiger partial charge in [-0.15, -0.1) is 13.2 Å². The molecule has 1 N–H and O–H groups in total. The molecule has 178 valence electrons. The first-order chi connectivity index (χ1) is 16.7. The molecule has 2 aromatic carbocycles. The standard InChI is InChI=1S/C25H19F3N4O3/c1-14-9-10-32-21(11-14)30-15(2)22(32)23(33)29-13-16-3-8-20-19(12-16)31-24(34-20)17-4-6-18(7-5-17)35-25(26,27)28/h3-12H,13H2,1-2H3,(H,29,33). The molecule has 0 fully saturated rings. The Kier molecular flexibility index (Phi) is 5.43. The predicted octanol–water partition coefficient (Wildman–Crippen LogP) is 5.59. The minimum absolute atomic E-state index is 0.249. The van der Waals surface area contributed by atoms with E-state index in [9.17, 15) is 18.0 Å². The second-order valence-corrected chi connectivity index (χ2v) is 8.05. The molecule has 0 saturated carbocycles. The molecule has 0 atom stereocenters. The van der Waals surface area contributed by atoms with Crippen LogP contribution in [0.25, 0.3) is 28.2 Å². The molecule has 3 aromatic heterocycles. The van der Waals surface area contributed by atoms with E-state index in [-0.39, 0.29) is 24.1 Å². The van der Waals surface area contributed by atoms with Crippen LogP contribution in [-0.2, 0) is 6.54 Å². The summed E-state index contributed by atoms with van der Waals surface area (Å²) in [7, 11) is 0. The molecule has 0 spiro atoms.